The lowest BCUT2D eigenvalue weighted by atomic mass is 10.00. The Morgan fingerprint density at radius 2 is 1.89 bits per heavy atom. The van der Waals surface area contributed by atoms with Crippen molar-refractivity contribution < 1.29 is 4.79 Å². The number of fused-ring (bicyclic) bond motifs is 4. The second-order valence-corrected chi connectivity index (χ2v) is 8.15. The van der Waals surface area contributed by atoms with Crippen LogP contribution in [0.5, 0.6) is 0 Å². The molecule has 0 fully saturated rings. The van der Waals surface area contributed by atoms with E-state index in [0.29, 0.717) is 23.4 Å². The Morgan fingerprint density at radius 3 is 2.74 bits per heavy atom. The molecule has 2 aromatic carbocycles. The third-order valence-corrected chi connectivity index (χ3v) is 6.43. The monoisotopic (exact) mass is 374 g/mol. The Labute approximate surface area is 160 Å². The van der Waals surface area contributed by atoms with Crippen LogP contribution in [0.2, 0.25) is 0 Å². The molecule has 0 spiro atoms. The van der Waals surface area contributed by atoms with Crippen molar-refractivity contribution in [2.24, 2.45) is 0 Å². The van der Waals surface area contributed by atoms with Crippen LogP contribution in [0.25, 0.3) is 21.0 Å². The van der Waals surface area contributed by atoms with E-state index >= 15 is 0 Å². The third-order valence-electron chi connectivity index (χ3n) is 5.27. The number of carbonyl (C=O) groups is 1. The van der Waals surface area contributed by atoms with Gasteiger partial charge in [0.25, 0.3) is 11.5 Å². The average Bonchev–Trinajstić information content (AvgIpc) is 3.14. The molecular weight excluding hydrogens is 356 g/mol. The van der Waals surface area contributed by atoms with Crippen LogP contribution >= 0.6 is 11.3 Å². The van der Waals surface area contributed by atoms with Crippen LogP contribution < -0.4 is 5.56 Å². The lowest BCUT2D eigenvalue weighted by molar-refractivity contribution is 0.0739. The van der Waals surface area contributed by atoms with E-state index in [4.69, 9.17) is 0 Å². The summed E-state index contributed by atoms with van der Waals surface area (Å²) >= 11 is 1.42. The van der Waals surface area contributed by atoms with E-state index < -0.39 is 0 Å². The summed E-state index contributed by atoms with van der Waals surface area (Å²) in [6.45, 7) is 3.36. The van der Waals surface area contributed by atoms with E-state index in [0.717, 1.165) is 27.6 Å². The van der Waals surface area contributed by atoms with Gasteiger partial charge in [0.15, 0.2) is 0 Å². The molecule has 1 aliphatic rings. The minimum atomic E-state index is -0.138. The number of rotatable bonds is 1. The summed E-state index contributed by atoms with van der Waals surface area (Å²) in [7, 11) is 0. The van der Waals surface area contributed by atoms with Crippen molar-refractivity contribution in [1.82, 2.24) is 9.88 Å². The number of thiophene rings is 1. The number of aromatic nitrogens is 1. The van der Waals surface area contributed by atoms with E-state index in [1.165, 1.54) is 22.5 Å². The van der Waals surface area contributed by atoms with E-state index in [9.17, 15) is 9.59 Å². The Kier molecular flexibility index (Phi) is 3.65. The van der Waals surface area contributed by atoms with Crippen molar-refractivity contribution in [3.05, 3.63) is 80.5 Å². The molecule has 1 amide bonds. The summed E-state index contributed by atoms with van der Waals surface area (Å²) in [6, 6.07) is 16.0. The highest BCUT2D eigenvalue weighted by Crippen LogP contribution is 2.31. The van der Waals surface area contributed by atoms with Crippen LogP contribution in [0.1, 0.15) is 26.4 Å². The summed E-state index contributed by atoms with van der Waals surface area (Å²) in [5.41, 5.74) is 4.32. The lowest BCUT2D eigenvalue weighted by Gasteiger charge is -2.28. The fourth-order valence-corrected chi connectivity index (χ4v) is 4.99. The fraction of sp³-hybridized carbons (Fsp3) is 0.182. The van der Waals surface area contributed by atoms with Crippen LogP contribution in [0.15, 0.2) is 53.3 Å². The molecule has 0 atom stereocenters. The van der Waals surface area contributed by atoms with Crippen molar-refractivity contribution in [1.29, 1.82) is 0 Å². The van der Waals surface area contributed by atoms with Crippen molar-refractivity contribution in [2.75, 3.05) is 6.54 Å². The van der Waals surface area contributed by atoms with Gasteiger partial charge in [-0.25, -0.2) is 0 Å². The molecule has 0 unspecified atom stereocenters. The van der Waals surface area contributed by atoms with Crippen molar-refractivity contribution >= 4 is 38.2 Å². The maximum atomic E-state index is 13.1. The predicted molar refractivity (Wildman–Crippen MR) is 110 cm³/mol. The second kappa shape index (κ2) is 6.06. The molecule has 0 radical (unpaired) electrons. The Morgan fingerprint density at radius 1 is 1.07 bits per heavy atom. The first-order valence-corrected chi connectivity index (χ1v) is 9.84. The van der Waals surface area contributed by atoms with Gasteiger partial charge in [0, 0.05) is 28.7 Å². The molecule has 0 saturated heterocycles. The summed E-state index contributed by atoms with van der Waals surface area (Å²) < 4.78 is 0.887. The van der Waals surface area contributed by atoms with Gasteiger partial charge < -0.3 is 9.88 Å². The molecule has 1 N–H and O–H groups in total. The minimum absolute atomic E-state index is 0.00547. The molecule has 134 valence electrons. The number of H-pyrrole nitrogens is 1. The topological polar surface area (TPSA) is 53.2 Å². The maximum absolute atomic E-state index is 13.1. The van der Waals surface area contributed by atoms with E-state index in [1.54, 1.807) is 6.07 Å². The van der Waals surface area contributed by atoms with Crippen LogP contribution in [-0.2, 0) is 13.0 Å². The number of carbonyl (C=O) groups excluding carboxylic acids is 1. The fourth-order valence-electron chi connectivity index (χ4n) is 3.83. The molecule has 0 bridgehead atoms. The first-order valence-electron chi connectivity index (χ1n) is 9.02. The lowest BCUT2D eigenvalue weighted by Crippen LogP contribution is -2.35. The summed E-state index contributed by atoms with van der Waals surface area (Å²) in [4.78, 5) is 31.0. The average molecular weight is 374 g/mol. The highest BCUT2D eigenvalue weighted by molar-refractivity contribution is 7.21. The highest BCUT2D eigenvalue weighted by atomic mass is 32.1. The number of nitrogens with zero attached hydrogens (tertiary/aromatic N) is 1. The Hall–Kier alpha value is -2.92. The largest absolute Gasteiger partial charge is 0.333 e. The van der Waals surface area contributed by atoms with Crippen LogP contribution in [-0.4, -0.2) is 22.3 Å². The van der Waals surface area contributed by atoms with Gasteiger partial charge in [-0.05, 0) is 42.7 Å². The molecule has 0 aliphatic carbocycles. The van der Waals surface area contributed by atoms with E-state index in [1.807, 2.05) is 36.1 Å². The highest BCUT2D eigenvalue weighted by Gasteiger charge is 2.24. The molecule has 1 aliphatic heterocycles. The van der Waals surface area contributed by atoms with Crippen LogP contribution in [0.4, 0.5) is 0 Å². The first kappa shape index (κ1) is 16.3. The summed E-state index contributed by atoms with van der Waals surface area (Å²) in [5.74, 6) is 0.00547. The summed E-state index contributed by atoms with van der Waals surface area (Å²) in [5, 5.41) is 1.59. The number of amides is 1. The zero-order chi connectivity index (χ0) is 18.5. The molecule has 5 heteroatoms. The number of nitrogens with one attached hydrogen (secondary N) is 1. The standard InChI is InChI=1S/C22H18N2O2S/c1-13-6-7-18-16(10-13)20-17(21(25)23-18)11-19(27-20)22(26)24-9-8-14-4-2-3-5-15(14)12-24/h2-7,10-11H,8-9,12H2,1H3,(H,23,25). The number of aromatic amines is 1. The van der Waals surface area contributed by atoms with Gasteiger partial charge in [-0.2, -0.15) is 0 Å². The third kappa shape index (κ3) is 2.66. The minimum Gasteiger partial charge on any atom is -0.333 e. The SMILES string of the molecule is Cc1ccc2[nH]c(=O)c3cc(C(=O)N4CCc5ccccc5C4)sc3c2c1. The van der Waals surface area contributed by atoms with Crippen molar-refractivity contribution in [2.45, 2.75) is 19.9 Å². The normalized spacial score (nSPS) is 13.9. The molecule has 0 saturated carbocycles. The molecule has 5 rings (SSSR count). The Balaban J connectivity index is 1.58. The van der Waals surface area contributed by atoms with Gasteiger partial charge in [-0.3, -0.25) is 9.59 Å². The van der Waals surface area contributed by atoms with Crippen LogP contribution in [0.3, 0.4) is 0 Å². The van der Waals surface area contributed by atoms with Crippen molar-refractivity contribution in [3.63, 3.8) is 0 Å². The van der Waals surface area contributed by atoms with Crippen LogP contribution in [0, 0.1) is 6.92 Å². The second-order valence-electron chi connectivity index (χ2n) is 7.10. The molecule has 27 heavy (non-hydrogen) atoms. The molecule has 3 heterocycles. The summed E-state index contributed by atoms with van der Waals surface area (Å²) in [6.07, 6.45) is 0.871. The van der Waals surface area contributed by atoms with E-state index in [-0.39, 0.29) is 11.5 Å². The van der Waals surface area contributed by atoms with Gasteiger partial charge >= 0.3 is 0 Å². The zero-order valence-electron chi connectivity index (χ0n) is 14.9. The van der Waals surface area contributed by atoms with Gasteiger partial charge in [-0.15, -0.1) is 11.3 Å². The number of aryl methyl sites for hydroxylation is 1. The Bertz CT molecular complexity index is 1270. The number of benzene rings is 2. The van der Waals surface area contributed by atoms with Gasteiger partial charge in [0.05, 0.1) is 10.3 Å². The maximum Gasteiger partial charge on any atom is 0.264 e. The smallest absolute Gasteiger partial charge is 0.264 e. The molecule has 4 nitrogen and oxygen atoms in total. The van der Waals surface area contributed by atoms with Crippen molar-refractivity contribution in [3.8, 4) is 0 Å². The molecule has 2 aromatic heterocycles. The van der Waals surface area contributed by atoms with Gasteiger partial charge in [-0.1, -0.05) is 35.9 Å². The molecular formula is C22H18N2O2S. The van der Waals surface area contributed by atoms with Gasteiger partial charge in [0.1, 0.15) is 0 Å². The van der Waals surface area contributed by atoms with E-state index in [2.05, 4.69) is 23.2 Å². The zero-order valence-corrected chi connectivity index (χ0v) is 15.7. The first-order chi connectivity index (χ1) is 13.1. The predicted octanol–water partition coefficient (Wildman–Crippen LogP) is 4.25. The quantitative estimate of drug-likeness (QED) is 0.541. The number of hydrogen-bond acceptors (Lipinski definition) is 3. The number of pyridine rings is 1. The number of hydrogen-bond donors (Lipinski definition) is 1. The van der Waals surface area contributed by atoms with Gasteiger partial charge in [0.2, 0.25) is 0 Å². The molecule has 4 aromatic rings.